The molecule has 1 N–H and O–H groups in total. The van der Waals surface area contributed by atoms with Gasteiger partial charge in [0.25, 0.3) is 0 Å². The van der Waals surface area contributed by atoms with Gasteiger partial charge in [-0.1, -0.05) is 0 Å². The third kappa shape index (κ3) is 3.39. The molecule has 15 heavy (non-hydrogen) atoms. The van der Waals surface area contributed by atoms with Crippen molar-refractivity contribution in [2.75, 3.05) is 24.2 Å². The quantitative estimate of drug-likeness (QED) is 0.813. The minimum atomic E-state index is -0.386. The standard InChI is InChI=1S/C9H13Cl2N3O/c1-9(4-10,5-11)14-7-3-8(15-2)13-6-12-7/h3,6H,4-5H2,1-2H3,(H,12,13,14). The van der Waals surface area contributed by atoms with Crippen molar-refractivity contribution in [3.05, 3.63) is 12.4 Å². The molecule has 6 heteroatoms. The van der Waals surface area contributed by atoms with Gasteiger partial charge in [0.15, 0.2) is 0 Å². The largest absolute Gasteiger partial charge is 0.481 e. The highest BCUT2D eigenvalue weighted by Gasteiger charge is 2.22. The second-order valence-electron chi connectivity index (χ2n) is 3.40. The molecule has 1 aromatic rings. The Morgan fingerprint density at radius 3 is 2.60 bits per heavy atom. The zero-order valence-corrected chi connectivity index (χ0v) is 10.1. The molecule has 0 radical (unpaired) electrons. The number of rotatable bonds is 5. The maximum absolute atomic E-state index is 5.81. The van der Waals surface area contributed by atoms with Gasteiger partial charge < -0.3 is 10.1 Å². The molecule has 0 unspecified atom stereocenters. The van der Waals surface area contributed by atoms with Gasteiger partial charge in [0.2, 0.25) is 5.88 Å². The van der Waals surface area contributed by atoms with Crippen LogP contribution in [0.4, 0.5) is 5.82 Å². The Labute approximate surface area is 99.0 Å². The van der Waals surface area contributed by atoms with E-state index in [0.29, 0.717) is 23.5 Å². The average molecular weight is 250 g/mol. The molecule has 0 atom stereocenters. The summed E-state index contributed by atoms with van der Waals surface area (Å²) in [6, 6.07) is 1.69. The molecule has 0 saturated heterocycles. The number of hydrogen-bond donors (Lipinski definition) is 1. The van der Waals surface area contributed by atoms with E-state index in [2.05, 4.69) is 15.3 Å². The number of alkyl halides is 2. The van der Waals surface area contributed by atoms with Crippen LogP contribution >= 0.6 is 23.2 Å². The van der Waals surface area contributed by atoms with Crippen LogP contribution < -0.4 is 10.1 Å². The zero-order valence-electron chi connectivity index (χ0n) is 8.63. The molecule has 0 aromatic carbocycles. The molecule has 0 fully saturated rings. The summed E-state index contributed by atoms with van der Waals surface area (Å²) in [5.41, 5.74) is -0.386. The van der Waals surface area contributed by atoms with Crippen LogP contribution in [0.5, 0.6) is 5.88 Å². The summed E-state index contributed by atoms with van der Waals surface area (Å²) in [7, 11) is 1.55. The molecular weight excluding hydrogens is 237 g/mol. The first kappa shape index (κ1) is 12.3. The maximum atomic E-state index is 5.81. The Kier molecular flexibility index (Phi) is 4.42. The molecule has 0 aliphatic heterocycles. The van der Waals surface area contributed by atoms with E-state index in [4.69, 9.17) is 27.9 Å². The fourth-order valence-corrected chi connectivity index (χ4v) is 1.35. The molecule has 0 aliphatic carbocycles. The SMILES string of the molecule is COc1cc(NC(C)(CCl)CCl)ncn1. The van der Waals surface area contributed by atoms with Crippen LogP contribution in [0.1, 0.15) is 6.92 Å². The lowest BCUT2D eigenvalue weighted by Gasteiger charge is -2.26. The molecular formula is C9H13Cl2N3O. The average Bonchev–Trinajstić information content (AvgIpc) is 2.29. The summed E-state index contributed by atoms with van der Waals surface area (Å²) < 4.78 is 4.98. The number of nitrogens with zero attached hydrogens (tertiary/aromatic N) is 2. The van der Waals surface area contributed by atoms with Crippen molar-refractivity contribution in [3.8, 4) is 5.88 Å². The van der Waals surface area contributed by atoms with Crippen molar-refractivity contribution in [1.29, 1.82) is 0 Å². The monoisotopic (exact) mass is 249 g/mol. The fourth-order valence-electron chi connectivity index (χ4n) is 0.931. The summed E-state index contributed by atoms with van der Waals surface area (Å²) in [4.78, 5) is 7.95. The van der Waals surface area contributed by atoms with Crippen molar-refractivity contribution < 1.29 is 4.74 Å². The van der Waals surface area contributed by atoms with Gasteiger partial charge in [-0.2, -0.15) is 0 Å². The number of halogens is 2. The Morgan fingerprint density at radius 1 is 1.40 bits per heavy atom. The highest BCUT2D eigenvalue weighted by atomic mass is 35.5. The van der Waals surface area contributed by atoms with Gasteiger partial charge in [0, 0.05) is 17.8 Å². The van der Waals surface area contributed by atoms with Gasteiger partial charge >= 0.3 is 0 Å². The van der Waals surface area contributed by atoms with Gasteiger partial charge in [0.05, 0.1) is 12.6 Å². The van der Waals surface area contributed by atoms with Crippen molar-refractivity contribution in [2.45, 2.75) is 12.5 Å². The van der Waals surface area contributed by atoms with Crippen molar-refractivity contribution in [1.82, 2.24) is 9.97 Å². The molecule has 0 amide bonds. The lowest BCUT2D eigenvalue weighted by molar-refractivity contribution is 0.397. The second kappa shape index (κ2) is 5.37. The van der Waals surface area contributed by atoms with E-state index in [1.165, 1.54) is 6.33 Å². The number of anilines is 1. The topological polar surface area (TPSA) is 47.0 Å². The van der Waals surface area contributed by atoms with Crippen molar-refractivity contribution in [3.63, 3.8) is 0 Å². The highest BCUT2D eigenvalue weighted by Crippen LogP contribution is 2.18. The van der Waals surface area contributed by atoms with Crippen LogP contribution in [0.25, 0.3) is 0 Å². The minimum Gasteiger partial charge on any atom is -0.481 e. The fraction of sp³-hybridized carbons (Fsp3) is 0.556. The molecule has 4 nitrogen and oxygen atoms in total. The molecule has 1 rings (SSSR count). The van der Waals surface area contributed by atoms with E-state index >= 15 is 0 Å². The van der Waals surface area contributed by atoms with E-state index < -0.39 is 0 Å². The van der Waals surface area contributed by atoms with Gasteiger partial charge in [-0.05, 0) is 6.92 Å². The zero-order chi connectivity index (χ0) is 11.3. The van der Waals surface area contributed by atoms with Gasteiger partial charge in [-0.25, -0.2) is 9.97 Å². The molecule has 0 spiro atoms. The molecule has 0 aliphatic rings. The number of ether oxygens (including phenoxy) is 1. The Balaban J connectivity index is 2.79. The lowest BCUT2D eigenvalue weighted by atomic mass is 10.1. The van der Waals surface area contributed by atoms with E-state index in [9.17, 15) is 0 Å². The summed E-state index contributed by atoms with van der Waals surface area (Å²) >= 11 is 11.6. The van der Waals surface area contributed by atoms with E-state index in [1.807, 2.05) is 6.92 Å². The summed E-state index contributed by atoms with van der Waals surface area (Å²) in [5.74, 6) is 1.93. The van der Waals surface area contributed by atoms with Crippen LogP contribution in [0.15, 0.2) is 12.4 Å². The van der Waals surface area contributed by atoms with Crippen LogP contribution in [-0.2, 0) is 0 Å². The van der Waals surface area contributed by atoms with Crippen LogP contribution in [0.3, 0.4) is 0 Å². The first-order valence-electron chi connectivity index (χ1n) is 4.39. The number of methoxy groups -OCH3 is 1. The summed E-state index contributed by atoms with van der Waals surface area (Å²) in [5, 5.41) is 3.13. The normalized spacial score (nSPS) is 11.2. The number of nitrogens with one attached hydrogen (secondary N) is 1. The molecule has 84 valence electrons. The number of aromatic nitrogens is 2. The Bertz CT molecular complexity index is 318. The predicted octanol–water partition coefficient (Wildman–Crippen LogP) is 2.13. The second-order valence-corrected chi connectivity index (χ2v) is 3.93. The summed E-state index contributed by atoms with van der Waals surface area (Å²) in [6.45, 7) is 1.92. The predicted molar refractivity (Wildman–Crippen MR) is 62.1 cm³/mol. The van der Waals surface area contributed by atoms with Gasteiger partial charge in [0.1, 0.15) is 12.1 Å². The van der Waals surface area contributed by atoms with Gasteiger partial charge in [-0.3, -0.25) is 0 Å². The number of hydrogen-bond acceptors (Lipinski definition) is 4. The van der Waals surface area contributed by atoms with Crippen molar-refractivity contribution in [2.24, 2.45) is 0 Å². The van der Waals surface area contributed by atoms with Crippen LogP contribution in [0.2, 0.25) is 0 Å². The maximum Gasteiger partial charge on any atom is 0.218 e. The van der Waals surface area contributed by atoms with Crippen molar-refractivity contribution >= 4 is 29.0 Å². The first-order valence-corrected chi connectivity index (χ1v) is 5.46. The van der Waals surface area contributed by atoms with E-state index in [0.717, 1.165) is 0 Å². The Morgan fingerprint density at radius 2 is 2.07 bits per heavy atom. The highest BCUT2D eigenvalue weighted by molar-refractivity contribution is 6.22. The van der Waals surface area contributed by atoms with E-state index in [-0.39, 0.29) is 5.54 Å². The smallest absolute Gasteiger partial charge is 0.218 e. The first-order chi connectivity index (χ1) is 7.13. The molecule has 1 heterocycles. The van der Waals surface area contributed by atoms with Crippen LogP contribution in [-0.4, -0.2) is 34.4 Å². The third-order valence-electron chi connectivity index (χ3n) is 1.87. The molecule has 0 saturated carbocycles. The Hall–Kier alpha value is -0.740. The van der Waals surface area contributed by atoms with Crippen LogP contribution in [0, 0.1) is 0 Å². The summed E-state index contributed by atoms with van der Waals surface area (Å²) in [6.07, 6.45) is 1.42. The minimum absolute atomic E-state index is 0.386. The van der Waals surface area contributed by atoms with Gasteiger partial charge in [-0.15, -0.1) is 23.2 Å². The molecule has 1 aromatic heterocycles. The lowest BCUT2D eigenvalue weighted by Crippen LogP contribution is -2.39. The third-order valence-corrected chi connectivity index (χ3v) is 3.05. The molecule has 0 bridgehead atoms. The van der Waals surface area contributed by atoms with E-state index in [1.54, 1.807) is 13.2 Å².